The third kappa shape index (κ3) is 3.55. The van der Waals surface area contributed by atoms with Crippen LogP contribution in [0.1, 0.15) is 10.4 Å². The van der Waals surface area contributed by atoms with Gasteiger partial charge in [0.05, 0.1) is 12.7 Å². The topological polar surface area (TPSA) is 82.8 Å². The molecule has 0 saturated carbocycles. The number of carbonyl (C=O) groups excluding carboxylic acids is 1. The van der Waals surface area contributed by atoms with E-state index < -0.39 is 5.97 Å². The summed E-state index contributed by atoms with van der Waals surface area (Å²) in [5, 5.41) is 0. The highest BCUT2D eigenvalue weighted by molar-refractivity contribution is 5.89. The van der Waals surface area contributed by atoms with Crippen molar-refractivity contribution < 1.29 is 19.1 Å². The quantitative estimate of drug-likeness (QED) is 0.238. The van der Waals surface area contributed by atoms with Gasteiger partial charge in [0.25, 0.3) is 0 Å². The molecule has 0 heterocycles. The zero-order valence-electron chi connectivity index (χ0n) is 8.23. The molecule has 0 aliphatic heterocycles. The predicted molar refractivity (Wildman–Crippen MR) is 51.7 cm³/mol. The van der Waals surface area contributed by atoms with E-state index in [0.717, 1.165) is 0 Å². The van der Waals surface area contributed by atoms with E-state index in [1.165, 1.54) is 7.11 Å². The molecular formula is C9H12N2O4. The van der Waals surface area contributed by atoms with Gasteiger partial charge >= 0.3 is 5.97 Å². The average Bonchev–Trinajstić information content (AvgIpc) is 2.29. The van der Waals surface area contributed by atoms with Crippen LogP contribution in [0.5, 0.6) is 5.75 Å². The van der Waals surface area contributed by atoms with Crippen LogP contribution < -0.4 is 16.2 Å². The van der Waals surface area contributed by atoms with E-state index >= 15 is 0 Å². The first-order valence-corrected chi connectivity index (χ1v) is 4.16. The smallest absolute Gasteiger partial charge is 0.337 e. The van der Waals surface area contributed by atoms with Gasteiger partial charge in [-0.25, -0.2) is 15.5 Å². The first-order valence-electron chi connectivity index (χ1n) is 4.16. The monoisotopic (exact) mass is 212 g/mol. The van der Waals surface area contributed by atoms with Crippen LogP contribution in [0.15, 0.2) is 24.3 Å². The average molecular weight is 212 g/mol. The molecule has 6 heteroatoms. The number of hydrazine groups is 1. The minimum absolute atomic E-state index is 0.0544. The van der Waals surface area contributed by atoms with Crippen molar-refractivity contribution in [2.45, 2.75) is 0 Å². The fourth-order valence-electron chi connectivity index (χ4n) is 0.962. The normalized spacial score (nSPS) is 9.73. The highest BCUT2D eigenvalue weighted by atomic mass is 16.8. The minimum Gasteiger partial charge on any atom is -0.466 e. The van der Waals surface area contributed by atoms with Crippen LogP contribution in [0.4, 0.5) is 0 Å². The number of esters is 1. The van der Waals surface area contributed by atoms with Crippen molar-refractivity contribution in [3.8, 4) is 5.75 Å². The number of rotatable bonds is 5. The summed E-state index contributed by atoms with van der Waals surface area (Å²) in [6.07, 6.45) is 0. The van der Waals surface area contributed by atoms with Crippen LogP contribution in [-0.2, 0) is 9.57 Å². The molecule has 82 valence electrons. The van der Waals surface area contributed by atoms with Gasteiger partial charge in [-0.1, -0.05) is 6.07 Å². The molecule has 0 atom stereocenters. The van der Waals surface area contributed by atoms with E-state index in [4.69, 9.17) is 10.6 Å². The van der Waals surface area contributed by atoms with E-state index in [1.807, 2.05) is 5.59 Å². The Morgan fingerprint density at radius 2 is 2.33 bits per heavy atom. The molecule has 1 rings (SSSR count). The lowest BCUT2D eigenvalue weighted by Gasteiger charge is -2.06. The zero-order chi connectivity index (χ0) is 11.1. The Bertz CT molecular complexity index is 330. The van der Waals surface area contributed by atoms with Gasteiger partial charge in [0.2, 0.25) is 6.79 Å². The number of hydrogen-bond donors (Lipinski definition) is 2. The summed E-state index contributed by atoms with van der Waals surface area (Å²) < 4.78 is 9.67. The van der Waals surface area contributed by atoms with Crippen LogP contribution in [0.2, 0.25) is 0 Å². The van der Waals surface area contributed by atoms with Gasteiger partial charge in [-0.05, 0) is 18.2 Å². The number of nitrogens with one attached hydrogen (secondary N) is 1. The SMILES string of the molecule is COC(=O)c1cccc(OCONN)c1. The van der Waals surface area contributed by atoms with E-state index in [2.05, 4.69) is 9.57 Å². The van der Waals surface area contributed by atoms with Crippen molar-refractivity contribution in [3.63, 3.8) is 0 Å². The van der Waals surface area contributed by atoms with Crippen molar-refractivity contribution in [1.29, 1.82) is 0 Å². The molecule has 0 amide bonds. The van der Waals surface area contributed by atoms with E-state index in [0.29, 0.717) is 11.3 Å². The lowest BCUT2D eigenvalue weighted by atomic mass is 10.2. The van der Waals surface area contributed by atoms with Gasteiger partial charge in [-0.3, -0.25) is 0 Å². The molecule has 0 spiro atoms. The van der Waals surface area contributed by atoms with Gasteiger partial charge in [-0.15, -0.1) is 5.59 Å². The minimum atomic E-state index is -0.418. The summed E-state index contributed by atoms with van der Waals surface area (Å²) in [6, 6.07) is 6.54. The van der Waals surface area contributed by atoms with E-state index in [-0.39, 0.29) is 6.79 Å². The number of carbonyl (C=O) groups is 1. The number of nitrogens with two attached hydrogens (primary N) is 1. The molecule has 0 aliphatic carbocycles. The summed E-state index contributed by atoms with van der Waals surface area (Å²) in [5.74, 6) is 4.94. The van der Waals surface area contributed by atoms with Crippen molar-refractivity contribution in [2.24, 2.45) is 5.84 Å². The molecule has 15 heavy (non-hydrogen) atoms. The molecule has 1 aromatic rings. The number of hydrogen-bond acceptors (Lipinski definition) is 6. The Kier molecular flexibility index (Phi) is 4.55. The molecule has 0 unspecified atom stereocenters. The maximum Gasteiger partial charge on any atom is 0.337 e. The van der Waals surface area contributed by atoms with Crippen molar-refractivity contribution in [1.82, 2.24) is 5.59 Å². The van der Waals surface area contributed by atoms with Gasteiger partial charge in [-0.2, -0.15) is 0 Å². The number of benzene rings is 1. The summed E-state index contributed by atoms with van der Waals surface area (Å²) in [7, 11) is 1.32. The van der Waals surface area contributed by atoms with Crippen molar-refractivity contribution >= 4 is 5.97 Å². The molecule has 6 nitrogen and oxygen atoms in total. The Labute approximate surface area is 86.8 Å². The van der Waals surface area contributed by atoms with Crippen LogP contribution in [0.3, 0.4) is 0 Å². The van der Waals surface area contributed by atoms with Crippen molar-refractivity contribution in [2.75, 3.05) is 13.9 Å². The summed E-state index contributed by atoms with van der Waals surface area (Å²) in [6.45, 7) is -0.0544. The van der Waals surface area contributed by atoms with Crippen LogP contribution in [0, 0.1) is 0 Å². The highest BCUT2D eigenvalue weighted by Gasteiger charge is 2.05. The van der Waals surface area contributed by atoms with Gasteiger partial charge in [0.1, 0.15) is 5.75 Å². The molecule has 0 aromatic heterocycles. The molecule has 0 aliphatic rings. The van der Waals surface area contributed by atoms with E-state index in [1.54, 1.807) is 24.3 Å². The molecule has 1 aromatic carbocycles. The maximum absolute atomic E-state index is 11.2. The number of ether oxygens (including phenoxy) is 2. The Balaban J connectivity index is 2.62. The summed E-state index contributed by atoms with van der Waals surface area (Å²) in [5.41, 5.74) is 2.38. The molecule has 0 fully saturated rings. The Hall–Kier alpha value is -1.63. The predicted octanol–water partition coefficient (Wildman–Crippen LogP) is 0.204. The molecule has 0 bridgehead atoms. The van der Waals surface area contributed by atoms with Gasteiger partial charge < -0.3 is 9.47 Å². The number of methoxy groups -OCH3 is 1. The highest BCUT2D eigenvalue weighted by Crippen LogP contribution is 2.13. The third-order valence-corrected chi connectivity index (χ3v) is 1.62. The van der Waals surface area contributed by atoms with Crippen LogP contribution in [0.25, 0.3) is 0 Å². The first kappa shape index (κ1) is 11.4. The second-order valence-electron chi connectivity index (χ2n) is 2.54. The second-order valence-corrected chi connectivity index (χ2v) is 2.54. The van der Waals surface area contributed by atoms with Crippen LogP contribution >= 0.6 is 0 Å². The molecule has 3 N–H and O–H groups in total. The lowest BCUT2D eigenvalue weighted by molar-refractivity contribution is -0.0476. The van der Waals surface area contributed by atoms with Gasteiger partial charge in [0, 0.05) is 0 Å². The molecule has 0 radical (unpaired) electrons. The molecule has 0 saturated heterocycles. The largest absolute Gasteiger partial charge is 0.466 e. The maximum atomic E-state index is 11.2. The molecular weight excluding hydrogens is 200 g/mol. The van der Waals surface area contributed by atoms with Gasteiger partial charge in [0.15, 0.2) is 0 Å². The fourth-order valence-corrected chi connectivity index (χ4v) is 0.962. The second kappa shape index (κ2) is 5.97. The Morgan fingerprint density at radius 1 is 1.53 bits per heavy atom. The zero-order valence-corrected chi connectivity index (χ0v) is 8.23. The first-order chi connectivity index (χ1) is 7.27. The summed E-state index contributed by atoms with van der Waals surface area (Å²) in [4.78, 5) is 15.7. The summed E-state index contributed by atoms with van der Waals surface area (Å²) >= 11 is 0. The standard InChI is InChI=1S/C9H12N2O4/c1-13-9(12)7-3-2-4-8(5-7)14-6-15-11-10/h2-5,11H,6,10H2,1H3. The third-order valence-electron chi connectivity index (χ3n) is 1.62. The van der Waals surface area contributed by atoms with Crippen molar-refractivity contribution in [3.05, 3.63) is 29.8 Å². The Morgan fingerprint density at radius 3 is 3.00 bits per heavy atom. The fraction of sp³-hybridized carbons (Fsp3) is 0.222. The van der Waals surface area contributed by atoms with Crippen LogP contribution in [-0.4, -0.2) is 19.9 Å². The lowest BCUT2D eigenvalue weighted by Crippen LogP contribution is -2.24. The van der Waals surface area contributed by atoms with E-state index in [9.17, 15) is 4.79 Å².